The lowest BCUT2D eigenvalue weighted by atomic mass is 10.1. The molecule has 0 saturated carbocycles. The standard InChI is InChI=1S/C19H25NO/c1-14(2)13-21-18-10-8-17(9-11-18)12-20-19-15(3)6-5-7-16(19)4/h5-11,14,20H,12-13H2,1-4H3. The summed E-state index contributed by atoms with van der Waals surface area (Å²) < 4.78 is 5.70. The number of benzene rings is 2. The second kappa shape index (κ2) is 7.16. The smallest absolute Gasteiger partial charge is 0.119 e. The molecule has 0 amide bonds. The fourth-order valence-corrected chi connectivity index (χ4v) is 2.25. The summed E-state index contributed by atoms with van der Waals surface area (Å²) >= 11 is 0. The Labute approximate surface area is 128 Å². The fourth-order valence-electron chi connectivity index (χ4n) is 2.25. The minimum atomic E-state index is 0.551. The minimum Gasteiger partial charge on any atom is -0.493 e. The van der Waals surface area contributed by atoms with Crippen LogP contribution in [-0.4, -0.2) is 6.61 Å². The molecule has 2 rings (SSSR count). The lowest BCUT2D eigenvalue weighted by Gasteiger charge is -2.13. The van der Waals surface area contributed by atoms with Gasteiger partial charge in [-0.1, -0.05) is 44.2 Å². The van der Waals surface area contributed by atoms with Gasteiger partial charge < -0.3 is 10.1 Å². The van der Waals surface area contributed by atoms with E-state index in [1.54, 1.807) is 0 Å². The van der Waals surface area contributed by atoms with Gasteiger partial charge in [0.05, 0.1) is 6.61 Å². The summed E-state index contributed by atoms with van der Waals surface area (Å²) in [5.41, 5.74) is 5.06. The van der Waals surface area contributed by atoms with Crippen LogP contribution in [0.15, 0.2) is 42.5 Å². The highest BCUT2D eigenvalue weighted by molar-refractivity contribution is 5.56. The first-order chi connectivity index (χ1) is 10.1. The van der Waals surface area contributed by atoms with Crippen LogP contribution in [0.3, 0.4) is 0 Å². The van der Waals surface area contributed by atoms with Gasteiger partial charge in [-0.2, -0.15) is 0 Å². The molecule has 0 unspecified atom stereocenters. The molecule has 0 radical (unpaired) electrons. The van der Waals surface area contributed by atoms with Crippen LogP contribution in [0.5, 0.6) is 5.75 Å². The van der Waals surface area contributed by atoms with Crippen molar-refractivity contribution in [2.24, 2.45) is 5.92 Å². The van der Waals surface area contributed by atoms with Crippen LogP contribution in [-0.2, 0) is 6.54 Å². The second-order valence-electron chi connectivity index (χ2n) is 5.97. The highest BCUT2D eigenvalue weighted by Gasteiger charge is 2.02. The second-order valence-corrected chi connectivity index (χ2v) is 5.97. The Morgan fingerprint density at radius 3 is 2.14 bits per heavy atom. The van der Waals surface area contributed by atoms with Gasteiger partial charge in [-0.3, -0.25) is 0 Å². The summed E-state index contributed by atoms with van der Waals surface area (Å²) in [4.78, 5) is 0. The van der Waals surface area contributed by atoms with E-state index < -0.39 is 0 Å². The van der Waals surface area contributed by atoms with Gasteiger partial charge in [0, 0.05) is 12.2 Å². The molecule has 0 saturated heterocycles. The Hall–Kier alpha value is -1.96. The highest BCUT2D eigenvalue weighted by Crippen LogP contribution is 2.21. The Balaban J connectivity index is 1.95. The summed E-state index contributed by atoms with van der Waals surface area (Å²) in [6, 6.07) is 14.7. The topological polar surface area (TPSA) is 21.3 Å². The van der Waals surface area contributed by atoms with E-state index in [2.05, 4.69) is 63.3 Å². The van der Waals surface area contributed by atoms with E-state index in [-0.39, 0.29) is 0 Å². The third-order valence-corrected chi connectivity index (χ3v) is 3.46. The fraction of sp³-hybridized carbons (Fsp3) is 0.368. The van der Waals surface area contributed by atoms with Crippen LogP contribution in [0.25, 0.3) is 0 Å². The Morgan fingerprint density at radius 2 is 1.57 bits per heavy atom. The molecular formula is C19H25NO. The van der Waals surface area contributed by atoms with Crippen molar-refractivity contribution in [3.63, 3.8) is 0 Å². The molecule has 0 aliphatic carbocycles. The lowest BCUT2D eigenvalue weighted by molar-refractivity contribution is 0.271. The normalized spacial score (nSPS) is 10.7. The van der Waals surface area contributed by atoms with Crippen molar-refractivity contribution in [3.05, 3.63) is 59.2 Å². The van der Waals surface area contributed by atoms with Crippen molar-refractivity contribution in [1.82, 2.24) is 0 Å². The van der Waals surface area contributed by atoms with Gasteiger partial charge in [0.15, 0.2) is 0 Å². The molecule has 0 aromatic heterocycles. The number of aryl methyl sites for hydroxylation is 2. The minimum absolute atomic E-state index is 0.551. The first-order valence-electron chi connectivity index (χ1n) is 7.58. The van der Waals surface area contributed by atoms with Crippen molar-refractivity contribution in [2.75, 3.05) is 11.9 Å². The summed E-state index contributed by atoms with van der Waals surface area (Å²) in [5.74, 6) is 1.50. The molecule has 21 heavy (non-hydrogen) atoms. The van der Waals surface area contributed by atoms with Crippen molar-refractivity contribution in [3.8, 4) is 5.75 Å². The maximum Gasteiger partial charge on any atom is 0.119 e. The zero-order valence-electron chi connectivity index (χ0n) is 13.4. The Kier molecular flexibility index (Phi) is 5.26. The molecule has 2 nitrogen and oxygen atoms in total. The number of hydrogen-bond acceptors (Lipinski definition) is 2. The van der Waals surface area contributed by atoms with Gasteiger partial charge in [0.2, 0.25) is 0 Å². The monoisotopic (exact) mass is 283 g/mol. The number of anilines is 1. The summed E-state index contributed by atoms with van der Waals surface area (Å²) in [6.45, 7) is 10.2. The summed E-state index contributed by atoms with van der Waals surface area (Å²) in [5, 5.41) is 3.53. The van der Waals surface area contributed by atoms with Crippen molar-refractivity contribution in [1.29, 1.82) is 0 Å². The lowest BCUT2D eigenvalue weighted by Crippen LogP contribution is -2.05. The van der Waals surface area contributed by atoms with Crippen LogP contribution in [0.2, 0.25) is 0 Å². The zero-order valence-corrected chi connectivity index (χ0v) is 13.4. The van der Waals surface area contributed by atoms with Crippen LogP contribution >= 0.6 is 0 Å². The van der Waals surface area contributed by atoms with Gasteiger partial charge in [0.1, 0.15) is 5.75 Å². The maximum atomic E-state index is 5.70. The van der Waals surface area contributed by atoms with Crippen LogP contribution < -0.4 is 10.1 Å². The molecule has 2 aromatic carbocycles. The zero-order chi connectivity index (χ0) is 15.2. The SMILES string of the molecule is Cc1cccc(C)c1NCc1ccc(OCC(C)C)cc1. The van der Waals surface area contributed by atoms with E-state index in [0.29, 0.717) is 5.92 Å². The van der Waals surface area contributed by atoms with E-state index in [9.17, 15) is 0 Å². The van der Waals surface area contributed by atoms with E-state index in [0.717, 1.165) is 18.9 Å². The molecule has 2 aromatic rings. The van der Waals surface area contributed by atoms with E-state index in [1.165, 1.54) is 22.4 Å². The number of nitrogens with one attached hydrogen (secondary N) is 1. The predicted octanol–water partition coefficient (Wildman–Crippen LogP) is 4.95. The van der Waals surface area contributed by atoms with Gasteiger partial charge in [-0.05, 0) is 48.6 Å². The molecular weight excluding hydrogens is 258 g/mol. The molecule has 0 bridgehead atoms. The molecule has 2 heteroatoms. The van der Waals surface area contributed by atoms with Gasteiger partial charge in [-0.25, -0.2) is 0 Å². The molecule has 0 aliphatic heterocycles. The molecule has 1 N–H and O–H groups in total. The highest BCUT2D eigenvalue weighted by atomic mass is 16.5. The van der Waals surface area contributed by atoms with Crippen LogP contribution in [0.1, 0.15) is 30.5 Å². The average molecular weight is 283 g/mol. The Morgan fingerprint density at radius 1 is 0.952 bits per heavy atom. The number of rotatable bonds is 6. The quantitative estimate of drug-likeness (QED) is 0.810. The maximum absolute atomic E-state index is 5.70. The van der Waals surface area contributed by atoms with Crippen molar-refractivity contribution < 1.29 is 4.74 Å². The third kappa shape index (κ3) is 4.52. The molecule has 0 fully saturated rings. The largest absolute Gasteiger partial charge is 0.493 e. The Bertz CT molecular complexity index is 552. The summed E-state index contributed by atoms with van der Waals surface area (Å²) in [6.07, 6.45) is 0. The van der Waals surface area contributed by atoms with Gasteiger partial charge in [-0.15, -0.1) is 0 Å². The van der Waals surface area contributed by atoms with Crippen LogP contribution in [0.4, 0.5) is 5.69 Å². The summed E-state index contributed by atoms with van der Waals surface area (Å²) in [7, 11) is 0. The molecule has 0 heterocycles. The number of para-hydroxylation sites is 1. The molecule has 0 atom stereocenters. The number of ether oxygens (including phenoxy) is 1. The molecule has 112 valence electrons. The first kappa shape index (κ1) is 15.4. The number of hydrogen-bond donors (Lipinski definition) is 1. The van der Waals surface area contributed by atoms with Crippen molar-refractivity contribution >= 4 is 5.69 Å². The first-order valence-corrected chi connectivity index (χ1v) is 7.58. The van der Waals surface area contributed by atoms with Crippen molar-refractivity contribution in [2.45, 2.75) is 34.2 Å². The van der Waals surface area contributed by atoms with E-state index >= 15 is 0 Å². The average Bonchev–Trinajstić information content (AvgIpc) is 2.46. The predicted molar refractivity (Wildman–Crippen MR) is 90.0 cm³/mol. The molecule has 0 aliphatic rings. The van der Waals surface area contributed by atoms with Gasteiger partial charge in [0.25, 0.3) is 0 Å². The van der Waals surface area contributed by atoms with E-state index in [4.69, 9.17) is 4.74 Å². The molecule has 0 spiro atoms. The van der Waals surface area contributed by atoms with Gasteiger partial charge >= 0.3 is 0 Å². The third-order valence-electron chi connectivity index (χ3n) is 3.46. The van der Waals surface area contributed by atoms with Crippen LogP contribution in [0, 0.1) is 19.8 Å². The van der Waals surface area contributed by atoms with E-state index in [1.807, 2.05) is 12.1 Å².